The lowest BCUT2D eigenvalue weighted by Crippen LogP contribution is -2.52. The molecule has 1 fully saturated rings. The van der Waals surface area contributed by atoms with Gasteiger partial charge in [0.1, 0.15) is 5.76 Å². The summed E-state index contributed by atoms with van der Waals surface area (Å²) >= 11 is 0. The number of oxazole rings is 1. The van der Waals surface area contributed by atoms with Crippen molar-refractivity contribution < 1.29 is 9.21 Å². The minimum atomic E-state index is 0.0106. The van der Waals surface area contributed by atoms with Crippen LogP contribution in [0.5, 0.6) is 0 Å². The van der Waals surface area contributed by atoms with Crippen molar-refractivity contribution in [2.75, 3.05) is 20.6 Å². The third kappa shape index (κ3) is 4.78. The molecule has 1 heterocycles. The van der Waals surface area contributed by atoms with Crippen molar-refractivity contribution in [2.45, 2.75) is 57.4 Å². The smallest absolute Gasteiger partial charge is 0.226 e. The lowest BCUT2D eigenvalue weighted by Gasteiger charge is -2.39. The van der Waals surface area contributed by atoms with Crippen molar-refractivity contribution >= 4 is 5.91 Å². The zero-order valence-corrected chi connectivity index (χ0v) is 16.8. The first-order valence-corrected chi connectivity index (χ1v) is 9.96. The highest BCUT2D eigenvalue weighted by Crippen LogP contribution is 2.30. The predicted molar refractivity (Wildman–Crippen MR) is 108 cm³/mol. The first-order chi connectivity index (χ1) is 13.0. The number of aromatic nitrogens is 1. The number of rotatable bonds is 6. The minimum absolute atomic E-state index is 0.0106. The van der Waals surface area contributed by atoms with Gasteiger partial charge in [0.15, 0.2) is 0 Å². The van der Waals surface area contributed by atoms with E-state index in [4.69, 9.17) is 4.42 Å². The molecule has 0 bridgehead atoms. The fourth-order valence-electron chi connectivity index (χ4n) is 3.94. The molecule has 1 aromatic carbocycles. The van der Waals surface area contributed by atoms with E-state index >= 15 is 0 Å². The molecule has 0 saturated heterocycles. The fraction of sp³-hybridized carbons (Fsp3) is 0.545. The molecule has 2 aromatic rings. The summed E-state index contributed by atoms with van der Waals surface area (Å²) in [6, 6.07) is 9.79. The van der Waals surface area contributed by atoms with Gasteiger partial charge in [-0.2, -0.15) is 0 Å². The summed E-state index contributed by atoms with van der Waals surface area (Å²) in [6.45, 7) is 2.57. The van der Waals surface area contributed by atoms with Crippen LogP contribution in [0, 0.1) is 6.92 Å². The maximum Gasteiger partial charge on any atom is 0.226 e. The van der Waals surface area contributed by atoms with Crippen molar-refractivity contribution in [3.05, 3.63) is 41.8 Å². The Morgan fingerprint density at radius 2 is 1.81 bits per heavy atom. The van der Waals surface area contributed by atoms with Gasteiger partial charge in [0.05, 0.1) is 12.1 Å². The number of aryl methyl sites for hydroxylation is 1. The Bertz CT molecular complexity index is 744. The largest absolute Gasteiger partial charge is 0.441 e. The van der Waals surface area contributed by atoms with E-state index < -0.39 is 0 Å². The highest BCUT2D eigenvalue weighted by atomic mass is 16.4. The monoisotopic (exact) mass is 369 g/mol. The number of carbonyl (C=O) groups is 1. The number of hydrogen-bond acceptors (Lipinski definition) is 4. The molecule has 0 radical (unpaired) electrons. The normalized spacial score (nSPS) is 16.9. The summed E-state index contributed by atoms with van der Waals surface area (Å²) in [6.07, 6.45) is 7.59. The van der Waals surface area contributed by atoms with Crippen molar-refractivity contribution in [2.24, 2.45) is 0 Å². The van der Waals surface area contributed by atoms with Crippen molar-refractivity contribution in [1.29, 1.82) is 0 Å². The molecule has 0 unspecified atom stereocenters. The van der Waals surface area contributed by atoms with Crippen LogP contribution in [0.25, 0.3) is 11.5 Å². The van der Waals surface area contributed by atoms with Gasteiger partial charge in [0, 0.05) is 17.6 Å². The molecule has 1 aromatic heterocycles. The highest BCUT2D eigenvalue weighted by molar-refractivity contribution is 5.78. The molecule has 0 spiro atoms. The summed E-state index contributed by atoms with van der Waals surface area (Å²) in [5.74, 6) is 1.29. The zero-order valence-electron chi connectivity index (χ0n) is 16.8. The molecule has 5 nitrogen and oxygen atoms in total. The van der Waals surface area contributed by atoms with E-state index in [2.05, 4.69) is 29.3 Å². The number of amides is 1. The average Bonchev–Trinajstić information content (AvgIpc) is 2.87. The lowest BCUT2D eigenvalue weighted by molar-refractivity contribution is -0.121. The first-order valence-electron chi connectivity index (χ1n) is 9.96. The van der Waals surface area contributed by atoms with Gasteiger partial charge in [0.2, 0.25) is 11.8 Å². The molecule has 1 amide bonds. The van der Waals surface area contributed by atoms with E-state index in [1.807, 2.05) is 37.3 Å². The van der Waals surface area contributed by atoms with Crippen LogP contribution in [0.15, 0.2) is 34.7 Å². The molecule has 146 valence electrons. The second-order valence-electron chi connectivity index (χ2n) is 7.87. The van der Waals surface area contributed by atoms with E-state index in [-0.39, 0.29) is 17.9 Å². The van der Waals surface area contributed by atoms with Crippen LogP contribution in [-0.4, -0.2) is 42.0 Å². The number of likely N-dealkylation sites (N-methyl/N-ethyl adjacent to an activating group) is 1. The predicted octanol–water partition coefficient (Wildman–Crippen LogP) is 3.96. The Morgan fingerprint density at radius 1 is 1.15 bits per heavy atom. The molecule has 1 N–H and O–H groups in total. The molecule has 5 heteroatoms. The number of carbonyl (C=O) groups excluding carboxylic acids is 1. The van der Waals surface area contributed by atoms with Gasteiger partial charge in [-0.15, -0.1) is 0 Å². The summed E-state index contributed by atoms with van der Waals surface area (Å²) in [7, 11) is 4.26. The summed E-state index contributed by atoms with van der Waals surface area (Å²) in [5, 5.41) is 3.16. The number of hydrogen-bond donors (Lipinski definition) is 1. The Hall–Kier alpha value is -2.14. The summed E-state index contributed by atoms with van der Waals surface area (Å²) < 4.78 is 5.77. The van der Waals surface area contributed by atoms with E-state index in [1.165, 1.54) is 25.7 Å². The van der Waals surface area contributed by atoms with Gasteiger partial charge in [-0.05, 0) is 46.0 Å². The van der Waals surface area contributed by atoms with Gasteiger partial charge in [0.25, 0.3) is 0 Å². The lowest BCUT2D eigenvalue weighted by atomic mass is 9.88. The van der Waals surface area contributed by atoms with Crippen LogP contribution in [0.2, 0.25) is 0 Å². The Balaban J connectivity index is 1.63. The Kier molecular flexibility index (Phi) is 6.32. The minimum Gasteiger partial charge on any atom is -0.441 e. The van der Waals surface area contributed by atoms with Crippen molar-refractivity contribution in [3.8, 4) is 11.5 Å². The van der Waals surface area contributed by atoms with E-state index in [1.54, 1.807) is 0 Å². The summed E-state index contributed by atoms with van der Waals surface area (Å²) in [5.41, 5.74) is 1.71. The third-order valence-corrected chi connectivity index (χ3v) is 5.84. The molecular formula is C22H31N3O2. The van der Waals surface area contributed by atoms with Gasteiger partial charge in [-0.25, -0.2) is 4.98 Å². The van der Waals surface area contributed by atoms with E-state index in [9.17, 15) is 4.79 Å². The van der Waals surface area contributed by atoms with Gasteiger partial charge < -0.3 is 14.6 Å². The first kappa shape index (κ1) is 19.6. The second-order valence-corrected chi connectivity index (χ2v) is 7.87. The molecule has 3 rings (SSSR count). The standard InChI is InChI=1S/C22H31N3O2/c1-17-19(24-21(27-17)18-11-7-6-8-12-18)15-20(26)23-16-22(25(2)3)13-9-4-5-10-14-22/h6-8,11-12H,4-5,9-10,13-16H2,1-3H3,(H,23,26). The van der Waals surface area contributed by atoms with Crippen LogP contribution in [0.3, 0.4) is 0 Å². The molecule has 1 aliphatic rings. The fourth-order valence-corrected chi connectivity index (χ4v) is 3.94. The third-order valence-electron chi connectivity index (χ3n) is 5.84. The van der Waals surface area contributed by atoms with Gasteiger partial charge >= 0.3 is 0 Å². The maximum absolute atomic E-state index is 12.6. The van der Waals surface area contributed by atoms with Crippen LogP contribution >= 0.6 is 0 Å². The van der Waals surface area contributed by atoms with E-state index in [0.717, 1.165) is 18.4 Å². The van der Waals surface area contributed by atoms with Gasteiger partial charge in [-0.1, -0.05) is 43.9 Å². The van der Waals surface area contributed by atoms with Crippen LogP contribution < -0.4 is 5.32 Å². The number of nitrogens with one attached hydrogen (secondary N) is 1. The quantitative estimate of drug-likeness (QED) is 0.783. The van der Waals surface area contributed by atoms with E-state index in [0.29, 0.717) is 23.9 Å². The SMILES string of the molecule is Cc1oc(-c2ccccc2)nc1CC(=O)NCC1(N(C)C)CCCCCC1. The Morgan fingerprint density at radius 3 is 2.44 bits per heavy atom. The van der Waals surface area contributed by atoms with Crippen molar-refractivity contribution in [3.63, 3.8) is 0 Å². The molecule has 27 heavy (non-hydrogen) atoms. The second kappa shape index (κ2) is 8.70. The maximum atomic E-state index is 12.6. The van der Waals surface area contributed by atoms with Crippen LogP contribution in [0.4, 0.5) is 0 Å². The molecule has 0 atom stereocenters. The molecule has 1 aliphatic carbocycles. The Labute approximate surface area is 162 Å². The van der Waals surface area contributed by atoms with Crippen LogP contribution in [0.1, 0.15) is 50.0 Å². The number of benzene rings is 1. The van der Waals surface area contributed by atoms with Crippen molar-refractivity contribution in [1.82, 2.24) is 15.2 Å². The van der Waals surface area contributed by atoms with Crippen LogP contribution in [-0.2, 0) is 11.2 Å². The average molecular weight is 370 g/mol. The number of nitrogens with zero attached hydrogens (tertiary/aromatic N) is 2. The highest BCUT2D eigenvalue weighted by Gasteiger charge is 2.33. The zero-order chi connectivity index (χ0) is 19.3. The topological polar surface area (TPSA) is 58.4 Å². The molecule has 1 saturated carbocycles. The molecular weight excluding hydrogens is 338 g/mol. The van der Waals surface area contributed by atoms with Gasteiger partial charge in [-0.3, -0.25) is 4.79 Å². The molecule has 0 aliphatic heterocycles. The summed E-state index contributed by atoms with van der Waals surface area (Å²) in [4.78, 5) is 19.4.